The molecule has 1 aliphatic rings. The first-order chi connectivity index (χ1) is 12.9. The van der Waals surface area contributed by atoms with Crippen molar-refractivity contribution in [3.05, 3.63) is 47.5 Å². The molecule has 0 aliphatic carbocycles. The number of amides is 2. The Morgan fingerprint density at radius 1 is 1.07 bits per heavy atom. The topological polar surface area (TPSA) is 67.9 Å². The summed E-state index contributed by atoms with van der Waals surface area (Å²) in [6.45, 7) is 4.34. The Labute approximate surface area is 159 Å². The molecule has 0 saturated carbocycles. The Hall–Kier alpha value is -3.02. The van der Waals surface area contributed by atoms with Crippen molar-refractivity contribution < 1.29 is 19.1 Å². The SMILES string of the molecule is COc1ccc(NC(=O)C2CC(=O)N(c3c(C)cccc3C)C2)cc1OC. The fourth-order valence-electron chi connectivity index (χ4n) is 3.49. The van der Waals surface area contributed by atoms with Gasteiger partial charge in [0, 0.05) is 30.4 Å². The van der Waals surface area contributed by atoms with E-state index < -0.39 is 5.92 Å². The Morgan fingerprint density at radius 2 is 1.74 bits per heavy atom. The van der Waals surface area contributed by atoms with E-state index in [-0.39, 0.29) is 18.2 Å². The van der Waals surface area contributed by atoms with Crippen molar-refractivity contribution in [2.24, 2.45) is 5.92 Å². The number of nitrogens with one attached hydrogen (secondary N) is 1. The van der Waals surface area contributed by atoms with Gasteiger partial charge in [-0.15, -0.1) is 0 Å². The number of hydrogen-bond acceptors (Lipinski definition) is 4. The molecule has 0 aromatic heterocycles. The molecule has 2 aromatic carbocycles. The summed E-state index contributed by atoms with van der Waals surface area (Å²) in [5.41, 5.74) is 3.58. The van der Waals surface area contributed by atoms with Gasteiger partial charge in [-0.25, -0.2) is 0 Å². The zero-order valence-electron chi connectivity index (χ0n) is 16.0. The van der Waals surface area contributed by atoms with Crippen molar-refractivity contribution in [3.8, 4) is 11.5 Å². The molecule has 6 nitrogen and oxygen atoms in total. The highest BCUT2D eigenvalue weighted by molar-refractivity contribution is 6.04. The van der Waals surface area contributed by atoms with E-state index in [2.05, 4.69) is 5.32 Å². The Balaban J connectivity index is 1.75. The van der Waals surface area contributed by atoms with Gasteiger partial charge < -0.3 is 19.7 Å². The van der Waals surface area contributed by atoms with Crippen molar-refractivity contribution in [2.45, 2.75) is 20.3 Å². The number of methoxy groups -OCH3 is 2. The van der Waals surface area contributed by atoms with Crippen LogP contribution in [0.25, 0.3) is 0 Å². The number of carbonyl (C=O) groups excluding carboxylic acids is 2. The van der Waals surface area contributed by atoms with Crippen molar-refractivity contribution >= 4 is 23.2 Å². The second kappa shape index (κ2) is 7.70. The maximum Gasteiger partial charge on any atom is 0.229 e. The molecule has 3 rings (SSSR count). The van der Waals surface area contributed by atoms with Crippen molar-refractivity contribution in [1.82, 2.24) is 0 Å². The van der Waals surface area contributed by atoms with Crippen LogP contribution < -0.4 is 19.7 Å². The Bertz CT molecular complexity index is 858. The van der Waals surface area contributed by atoms with Crippen LogP contribution in [-0.2, 0) is 9.59 Å². The van der Waals surface area contributed by atoms with Crippen LogP contribution in [0.4, 0.5) is 11.4 Å². The van der Waals surface area contributed by atoms with Gasteiger partial charge in [-0.2, -0.15) is 0 Å². The molecule has 142 valence electrons. The minimum Gasteiger partial charge on any atom is -0.493 e. The van der Waals surface area contributed by atoms with E-state index in [0.717, 1.165) is 16.8 Å². The maximum absolute atomic E-state index is 12.7. The average molecular weight is 368 g/mol. The minimum absolute atomic E-state index is 0.0279. The van der Waals surface area contributed by atoms with Gasteiger partial charge >= 0.3 is 0 Å². The molecule has 6 heteroatoms. The first-order valence-corrected chi connectivity index (χ1v) is 8.84. The van der Waals surface area contributed by atoms with E-state index in [9.17, 15) is 9.59 Å². The largest absolute Gasteiger partial charge is 0.493 e. The number of rotatable bonds is 5. The van der Waals surface area contributed by atoms with Gasteiger partial charge in [0.05, 0.1) is 20.1 Å². The highest BCUT2D eigenvalue weighted by Gasteiger charge is 2.36. The van der Waals surface area contributed by atoms with Crippen LogP contribution in [0.1, 0.15) is 17.5 Å². The van der Waals surface area contributed by atoms with E-state index in [0.29, 0.717) is 23.7 Å². The molecule has 2 aromatic rings. The van der Waals surface area contributed by atoms with Gasteiger partial charge in [0.25, 0.3) is 0 Å². The molecule has 0 spiro atoms. The number of anilines is 2. The van der Waals surface area contributed by atoms with E-state index in [1.807, 2.05) is 32.0 Å². The van der Waals surface area contributed by atoms with E-state index in [1.165, 1.54) is 0 Å². The van der Waals surface area contributed by atoms with Gasteiger partial charge in [0.2, 0.25) is 11.8 Å². The zero-order valence-corrected chi connectivity index (χ0v) is 16.0. The highest BCUT2D eigenvalue weighted by atomic mass is 16.5. The molecule has 1 atom stereocenters. The molecule has 1 saturated heterocycles. The molecular formula is C21H24N2O4. The summed E-state index contributed by atoms with van der Waals surface area (Å²) in [5.74, 6) is 0.525. The zero-order chi connectivity index (χ0) is 19.6. The van der Waals surface area contributed by atoms with Gasteiger partial charge in [0.15, 0.2) is 11.5 Å². The van der Waals surface area contributed by atoms with Gasteiger partial charge in [0.1, 0.15) is 0 Å². The van der Waals surface area contributed by atoms with Gasteiger partial charge in [-0.3, -0.25) is 9.59 Å². The summed E-state index contributed by atoms with van der Waals surface area (Å²) in [6.07, 6.45) is 0.201. The third kappa shape index (κ3) is 3.74. The second-order valence-corrected chi connectivity index (χ2v) is 6.70. The summed E-state index contributed by atoms with van der Waals surface area (Å²) in [6, 6.07) is 11.1. The van der Waals surface area contributed by atoms with Crippen LogP contribution in [0.2, 0.25) is 0 Å². The summed E-state index contributed by atoms with van der Waals surface area (Å²) < 4.78 is 10.5. The number of benzene rings is 2. The normalized spacial score (nSPS) is 16.4. The van der Waals surface area contributed by atoms with E-state index >= 15 is 0 Å². The molecule has 27 heavy (non-hydrogen) atoms. The molecule has 1 N–H and O–H groups in total. The summed E-state index contributed by atoms with van der Waals surface area (Å²) >= 11 is 0. The predicted molar refractivity (Wildman–Crippen MR) is 105 cm³/mol. The fraction of sp³-hybridized carbons (Fsp3) is 0.333. The lowest BCUT2D eigenvalue weighted by molar-refractivity contribution is -0.122. The molecule has 1 heterocycles. The number of carbonyl (C=O) groups is 2. The molecule has 1 unspecified atom stereocenters. The number of nitrogens with zero attached hydrogens (tertiary/aromatic N) is 1. The Morgan fingerprint density at radius 3 is 2.37 bits per heavy atom. The summed E-state index contributed by atoms with van der Waals surface area (Å²) in [4.78, 5) is 27.0. The highest BCUT2D eigenvalue weighted by Crippen LogP contribution is 2.33. The molecule has 0 radical (unpaired) electrons. The van der Waals surface area contributed by atoms with Crippen LogP contribution >= 0.6 is 0 Å². The van der Waals surface area contributed by atoms with Gasteiger partial charge in [-0.05, 0) is 37.1 Å². The lowest BCUT2D eigenvalue weighted by Crippen LogP contribution is -2.29. The number of aryl methyl sites for hydroxylation is 2. The standard InChI is InChI=1S/C21H24N2O4/c1-13-6-5-7-14(2)20(13)23-12-15(10-19(23)24)21(25)22-16-8-9-17(26-3)18(11-16)27-4/h5-9,11,15H,10,12H2,1-4H3,(H,22,25). The minimum atomic E-state index is -0.399. The summed E-state index contributed by atoms with van der Waals surface area (Å²) in [5, 5.41) is 2.88. The van der Waals surface area contributed by atoms with E-state index in [1.54, 1.807) is 37.3 Å². The molecule has 1 fully saturated rings. The van der Waals surface area contributed by atoms with Crippen LogP contribution in [0.3, 0.4) is 0 Å². The average Bonchev–Trinajstić information content (AvgIpc) is 3.03. The first kappa shape index (κ1) is 18.8. The monoisotopic (exact) mass is 368 g/mol. The second-order valence-electron chi connectivity index (χ2n) is 6.70. The smallest absolute Gasteiger partial charge is 0.229 e. The lowest BCUT2D eigenvalue weighted by atomic mass is 10.1. The molecule has 2 amide bonds. The van der Waals surface area contributed by atoms with Gasteiger partial charge in [-0.1, -0.05) is 18.2 Å². The van der Waals surface area contributed by atoms with Crippen LogP contribution in [-0.4, -0.2) is 32.6 Å². The number of para-hydroxylation sites is 1. The summed E-state index contributed by atoms with van der Waals surface area (Å²) in [7, 11) is 3.10. The quantitative estimate of drug-likeness (QED) is 0.879. The van der Waals surface area contributed by atoms with Crippen LogP contribution in [0.15, 0.2) is 36.4 Å². The lowest BCUT2D eigenvalue weighted by Gasteiger charge is -2.21. The van der Waals surface area contributed by atoms with Crippen molar-refractivity contribution in [1.29, 1.82) is 0 Å². The Kier molecular flexibility index (Phi) is 5.35. The fourth-order valence-corrected chi connectivity index (χ4v) is 3.49. The number of hydrogen-bond donors (Lipinski definition) is 1. The predicted octanol–water partition coefficient (Wildman–Crippen LogP) is 3.31. The van der Waals surface area contributed by atoms with Crippen LogP contribution in [0.5, 0.6) is 11.5 Å². The van der Waals surface area contributed by atoms with E-state index in [4.69, 9.17) is 9.47 Å². The van der Waals surface area contributed by atoms with Crippen LogP contribution in [0, 0.1) is 19.8 Å². The maximum atomic E-state index is 12.7. The van der Waals surface area contributed by atoms with Crippen molar-refractivity contribution in [2.75, 3.05) is 31.0 Å². The third-order valence-corrected chi connectivity index (χ3v) is 4.86. The molecule has 0 bridgehead atoms. The third-order valence-electron chi connectivity index (χ3n) is 4.86. The number of ether oxygens (including phenoxy) is 2. The molecule has 1 aliphatic heterocycles. The van der Waals surface area contributed by atoms with Crippen molar-refractivity contribution in [3.63, 3.8) is 0 Å². The first-order valence-electron chi connectivity index (χ1n) is 8.84. The molecular weight excluding hydrogens is 344 g/mol.